The van der Waals surface area contributed by atoms with Crippen LogP contribution in [-0.4, -0.2) is 60.6 Å². The van der Waals surface area contributed by atoms with E-state index in [4.69, 9.17) is 14.5 Å². The fourth-order valence-electron chi connectivity index (χ4n) is 3.89. The third-order valence-electron chi connectivity index (χ3n) is 5.75. The van der Waals surface area contributed by atoms with Gasteiger partial charge in [-0.1, -0.05) is 18.2 Å². The molecule has 1 aromatic heterocycles. The van der Waals surface area contributed by atoms with Gasteiger partial charge in [-0.3, -0.25) is 9.69 Å². The minimum atomic E-state index is 0.0325. The van der Waals surface area contributed by atoms with Crippen LogP contribution in [0.3, 0.4) is 0 Å². The number of hydrogen-bond acceptors (Lipinski definition) is 6. The Morgan fingerprint density at radius 1 is 1.16 bits per heavy atom. The maximum atomic E-state index is 12.7. The predicted octanol–water partition coefficient (Wildman–Crippen LogP) is 4.62. The van der Waals surface area contributed by atoms with Gasteiger partial charge in [0.05, 0.1) is 30.0 Å². The molecule has 7 heteroatoms. The Hall–Kier alpha value is -2.90. The summed E-state index contributed by atoms with van der Waals surface area (Å²) in [6.07, 6.45) is 3.47. The second kappa shape index (κ2) is 10.1. The molecule has 0 N–H and O–H groups in total. The van der Waals surface area contributed by atoms with Gasteiger partial charge in [-0.05, 0) is 49.8 Å². The standard InChI is InChI=1S/C25H29N3O3S/c1-4-31-21-11-9-19(17-22(21)30-3)10-12-24(29)28-15-13-27(14-16-28)18(2)25-26-20-7-5-6-8-23(20)32-25/h5-12,17-18H,4,13-16H2,1-3H3/b12-10+. The van der Waals surface area contributed by atoms with Gasteiger partial charge in [-0.15, -0.1) is 11.3 Å². The van der Waals surface area contributed by atoms with E-state index in [0.29, 0.717) is 31.2 Å². The second-order valence-corrected chi connectivity index (χ2v) is 8.80. The first-order valence-corrected chi connectivity index (χ1v) is 11.8. The van der Waals surface area contributed by atoms with Gasteiger partial charge in [0.25, 0.3) is 0 Å². The highest BCUT2D eigenvalue weighted by Gasteiger charge is 2.25. The molecule has 1 atom stereocenters. The number of nitrogens with zero attached hydrogens (tertiary/aromatic N) is 3. The Morgan fingerprint density at radius 3 is 2.66 bits per heavy atom. The Balaban J connectivity index is 1.34. The van der Waals surface area contributed by atoms with Gasteiger partial charge in [0.15, 0.2) is 11.5 Å². The summed E-state index contributed by atoms with van der Waals surface area (Å²) in [7, 11) is 1.62. The van der Waals surface area contributed by atoms with Crippen molar-refractivity contribution in [3.63, 3.8) is 0 Å². The van der Waals surface area contributed by atoms with E-state index in [1.165, 1.54) is 4.70 Å². The largest absolute Gasteiger partial charge is 0.493 e. The van der Waals surface area contributed by atoms with Gasteiger partial charge in [-0.25, -0.2) is 4.98 Å². The molecule has 32 heavy (non-hydrogen) atoms. The van der Waals surface area contributed by atoms with Crippen molar-refractivity contribution in [2.24, 2.45) is 0 Å². The molecule has 1 aliphatic rings. The fourth-order valence-corrected chi connectivity index (χ4v) is 4.94. The zero-order valence-electron chi connectivity index (χ0n) is 18.8. The van der Waals surface area contributed by atoms with Crippen molar-refractivity contribution in [1.82, 2.24) is 14.8 Å². The van der Waals surface area contributed by atoms with Crippen LogP contribution in [0.25, 0.3) is 16.3 Å². The van der Waals surface area contributed by atoms with Crippen molar-refractivity contribution in [2.45, 2.75) is 19.9 Å². The van der Waals surface area contributed by atoms with Gasteiger partial charge >= 0.3 is 0 Å². The Morgan fingerprint density at radius 2 is 1.94 bits per heavy atom. The second-order valence-electron chi connectivity index (χ2n) is 7.73. The van der Waals surface area contributed by atoms with Crippen molar-refractivity contribution in [3.05, 3.63) is 59.1 Å². The monoisotopic (exact) mass is 451 g/mol. The Kier molecular flexibility index (Phi) is 7.07. The third kappa shape index (κ3) is 4.95. The number of ether oxygens (including phenoxy) is 2. The van der Waals surface area contributed by atoms with Crippen molar-refractivity contribution < 1.29 is 14.3 Å². The minimum Gasteiger partial charge on any atom is -0.493 e. The molecule has 2 aromatic carbocycles. The van der Waals surface area contributed by atoms with Gasteiger partial charge in [0.2, 0.25) is 5.91 Å². The van der Waals surface area contributed by atoms with Gasteiger partial charge in [0.1, 0.15) is 5.01 Å². The average molecular weight is 452 g/mol. The number of carbonyl (C=O) groups is 1. The number of aromatic nitrogens is 1. The molecule has 168 valence electrons. The quantitative estimate of drug-likeness (QED) is 0.491. The normalized spacial score (nSPS) is 15.9. The lowest BCUT2D eigenvalue weighted by atomic mass is 10.1. The van der Waals surface area contributed by atoms with Crippen LogP contribution in [0, 0.1) is 0 Å². The van der Waals surface area contributed by atoms with Crippen molar-refractivity contribution in [1.29, 1.82) is 0 Å². The molecule has 1 saturated heterocycles. The molecule has 6 nitrogen and oxygen atoms in total. The summed E-state index contributed by atoms with van der Waals surface area (Å²) in [4.78, 5) is 21.8. The van der Waals surface area contributed by atoms with Crippen LogP contribution in [0.2, 0.25) is 0 Å². The molecule has 4 rings (SSSR count). The van der Waals surface area contributed by atoms with E-state index in [1.807, 2.05) is 42.2 Å². The summed E-state index contributed by atoms with van der Waals surface area (Å²) in [6.45, 7) is 7.82. The lowest BCUT2D eigenvalue weighted by molar-refractivity contribution is -0.127. The number of rotatable bonds is 7. The number of para-hydroxylation sites is 1. The molecular formula is C25H29N3O3S. The van der Waals surface area contributed by atoms with Crippen LogP contribution in [-0.2, 0) is 4.79 Å². The number of amides is 1. The molecule has 0 saturated carbocycles. The average Bonchev–Trinajstić information content (AvgIpc) is 3.27. The fraction of sp³-hybridized carbons (Fsp3) is 0.360. The maximum Gasteiger partial charge on any atom is 0.246 e. The predicted molar refractivity (Wildman–Crippen MR) is 129 cm³/mol. The summed E-state index contributed by atoms with van der Waals surface area (Å²) < 4.78 is 12.2. The van der Waals surface area contributed by atoms with Gasteiger partial charge in [0, 0.05) is 32.3 Å². The van der Waals surface area contributed by atoms with E-state index in [0.717, 1.165) is 29.2 Å². The van der Waals surface area contributed by atoms with Crippen molar-refractivity contribution in [3.8, 4) is 11.5 Å². The van der Waals surface area contributed by atoms with Gasteiger partial charge in [-0.2, -0.15) is 0 Å². The zero-order chi connectivity index (χ0) is 22.5. The molecule has 1 amide bonds. The van der Waals surface area contributed by atoms with E-state index in [9.17, 15) is 4.79 Å². The van der Waals surface area contributed by atoms with Crippen molar-refractivity contribution in [2.75, 3.05) is 39.9 Å². The molecule has 1 fully saturated rings. The Labute approximate surface area is 193 Å². The summed E-state index contributed by atoms with van der Waals surface area (Å²) in [5.74, 6) is 1.40. The first-order valence-electron chi connectivity index (χ1n) is 11.0. The van der Waals surface area contributed by atoms with Crippen LogP contribution in [0.1, 0.15) is 30.5 Å². The first-order chi connectivity index (χ1) is 15.6. The van der Waals surface area contributed by atoms with E-state index in [-0.39, 0.29) is 11.9 Å². The van der Waals surface area contributed by atoms with Crippen LogP contribution < -0.4 is 9.47 Å². The molecule has 1 unspecified atom stereocenters. The number of thiazole rings is 1. The first kappa shape index (κ1) is 22.3. The number of piperazine rings is 1. The highest BCUT2D eigenvalue weighted by atomic mass is 32.1. The summed E-state index contributed by atoms with van der Waals surface area (Å²) >= 11 is 1.76. The molecular weight excluding hydrogens is 422 g/mol. The highest BCUT2D eigenvalue weighted by molar-refractivity contribution is 7.18. The number of carbonyl (C=O) groups excluding carboxylic acids is 1. The smallest absolute Gasteiger partial charge is 0.246 e. The molecule has 3 aromatic rings. The lowest BCUT2D eigenvalue weighted by Crippen LogP contribution is -2.48. The maximum absolute atomic E-state index is 12.7. The van der Waals surface area contributed by atoms with E-state index in [2.05, 4.69) is 30.0 Å². The zero-order valence-corrected chi connectivity index (χ0v) is 19.6. The van der Waals surface area contributed by atoms with Crippen LogP contribution in [0.15, 0.2) is 48.5 Å². The molecule has 2 heterocycles. The van der Waals surface area contributed by atoms with Crippen molar-refractivity contribution >= 4 is 33.5 Å². The number of benzene rings is 2. The van der Waals surface area contributed by atoms with Crippen LogP contribution in [0.4, 0.5) is 0 Å². The molecule has 0 spiro atoms. The SMILES string of the molecule is CCOc1ccc(/C=C/C(=O)N2CCN(C(C)c3nc4ccccc4s3)CC2)cc1OC. The molecule has 0 radical (unpaired) electrons. The van der Waals surface area contributed by atoms with Crippen LogP contribution >= 0.6 is 11.3 Å². The van der Waals surface area contributed by atoms with E-state index in [1.54, 1.807) is 24.5 Å². The number of hydrogen-bond donors (Lipinski definition) is 0. The minimum absolute atomic E-state index is 0.0325. The van der Waals surface area contributed by atoms with Crippen LogP contribution in [0.5, 0.6) is 11.5 Å². The van der Waals surface area contributed by atoms with E-state index < -0.39 is 0 Å². The summed E-state index contributed by atoms with van der Waals surface area (Å²) in [5, 5.41) is 1.13. The third-order valence-corrected chi connectivity index (χ3v) is 6.95. The molecule has 0 aliphatic carbocycles. The number of methoxy groups -OCH3 is 1. The summed E-state index contributed by atoms with van der Waals surface area (Å²) in [5.41, 5.74) is 1.96. The Bertz CT molecular complexity index is 1070. The number of fused-ring (bicyclic) bond motifs is 1. The lowest BCUT2D eigenvalue weighted by Gasteiger charge is -2.37. The highest BCUT2D eigenvalue weighted by Crippen LogP contribution is 2.30. The van der Waals surface area contributed by atoms with E-state index >= 15 is 0 Å². The molecule has 0 bridgehead atoms. The topological polar surface area (TPSA) is 54.9 Å². The molecule has 1 aliphatic heterocycles. The van der Waals surface area contributed by atoms with Gasteiger partial charge < -0.3 is 14.4 Å². The summed E-state index contributed by atoms with van der Waals surface area (Å²) in [6, 6.07) is 14.2.